The van der Waals surface area contributed by atoms with Gasteiger partial charge in [0, 0.05) is 25.5 Å². The molecular formula is C15H15N3O6S3. The zero-order chi connectivity index (χ0) is 20.0. The summed E-state index contributed by atoms with van der Waals surface area (Å²) in [5.74, 6) is -1.22. The predicted octanol–water partition coefficient (Wildman–Crippen LogP) is 0.361. The zero-order valence-corrected chi connectivity index (χ0v) is 16.7. The second-order valence-corrected chi connectivity index (χ2v) is 11.1. The molecule has 0 atom stereocenters. The Bertz CT molecular complexity index is 1150. The Morgan fingerprint density at radius 3 is 2.33 bits per heavy atom. The third-order valence-electron chi connectivity index (χ3n) is 3.83. The van der Waals surface area contributed by atoms with E-state index < -0.39 is 31.9 Å². The molecule has 2 N–H and O–H groups in total. The summed E-state index contributed by atoms with van der Waals surface area (Å²) in [4.78, 5) is 23.6. The van der Waals surface area contributed by atoms with Crippen molar-refractivity contribution in [2.75, 3.05) is 14.1 Å². The Labute approximate surface area is 160 Å². The monoisotopic (exact) mass is 429 g/mol. The molecule has 12 heteroatoms. The summed E-state index contributed by atoms with van der Waals surface area (Å²) in [6.45, 7) is -0.113. The van der Waals surface area contributed by atoms with E-state index >= 15 is 0 Å². The molecule has 1 aliphatic heterocycles. The zero-order valence-electron chi connectivity index (χ0n) is 14.2. The van der Waals surface area contributed by atoms with Gasteiger partial charge in [0.25, 0.3) is 21.8 Å². The second-order valence-electron chi connectivity index (χ2n) is 5.82. The smallest absolute Gasteiger partial charge is 0.258 e. The molecule has 27 heavy (non-hydrogen) atoms. The lowest BCUT2D eigenvalue weighted by Gasteiger charge is -2.08. The lowest BCUT2D eigenvalue weighted by molar-refractivity contribution is 0.0879. The molecule has 0 aliphatic carbocycles. The van der Waals surface area contributed by atoms with Gasteiger partial charge in [0.2, 0.25) is 10.0 Å². The molecule has 1 aliphatic rings. The molecule has 144 valence electrons. The van der Waals surface area contributed by atoms with Crippen molar-refractivity contribution in [2.24, 2.45) is 0 Å². The molecule has 0 fully saturated rings. The van der Waals surface area contributed by atoms with Crippen LogP contribution in [0.15, 0.2) is 39.4 Å². The molecule has 0 radical (unpaired) electrons. The van der Waals surface area contributed by atoms with E-state index in [0.29, 0.717) is 4.88 Å². The lowest BCUT2D eigenvalue weighted by atomic mass is 10.1. The summed E-state index contributed by atoms with van der Waals surface area (Å²) in [7, 11) is -4.72. The van der Waals surface area contributed by atoms with Crippen LogP contribution < -0.4 is 10.0 Å². The molecule has 2 aromatic rings. The van der Waals surface area contributed by atoms with Crippen molar-refractivity contribution in [3.8, 4) is 0 Å². The lowest BCUT2D eigenvalue weighted by Crippen LogP contribution is -2.23. The van der Waals surface area contributed by atoms with E-state index in [9.17, 15) is 26.4 Å². The second kappa shape index (κ2) is 6.80. The summed E-state index contributed by atoms with van der Waals surface area (Å²) in [6, 6.07) is 6.58. The highest BCUT2D eigenvalue weighted by molar-refractivity contribution is 7.91. The fraction of sp³-hybridized carbons (Fsp3) is 0.200. The number of carbonyl (C=O) groups is 2. The van der Waals surface area contributed by atoms with Gasteiger partial charge < -0.3 is 0 Å². The summed E-state index contributed by atoms with van der Waals surface area (Å²) in [6.07, 6.45) is 0. The van der Waals surface area contributed by atoms with E-state index in [1.165, 1.54) is 38.4 Å². The van der Waals surface area contributed by atoms with E-state index in [-0.39, 0.29) is 26.8 Å². The summed E-state index contributed by atoms with van der Waals surface area (Å²) < 4.78 is 52.6. The van der Waals surface area contributed by atoms with Crippen LogP contribution in [-0.2, 0) is 26.6 Å². The molecule has 2 heterocycles. The number of imide groups is 1. The number of hydrogen-bond donors (Lipinski definition) is 2. The van der Waals surface area contributed by atoms with E-state index in [1.807, 2.05) is 0 Å². The molecule has 0 saturated carbocycles. The standard InChI is InChI=1S/C15H15N3O6S3/c1-18(2)27(23,24)13-6-3-9(25-13)8-16-26(21,22)10-4-5-11-12(7-10)15(20)17-14(11)19/h3-7,16H,8H2,1-2H3,(H,17,19,20). The maximum absolute atomic E-state index is 12.5. The van der Waals surface area contributed by atoms with Gasteiger partial charge in [0.15, 0.2) is 0 Å². The number of fused-ring (bicyclic) bond motifs is 1. The minimum Gasteiger partial charge on any atom is -0.288 e. The molecule has 1 aromatic heterocycles. The molecule has 9 nitrogen and oxygen atoms in total. The van der Waals surface area contributed by atoms with Crippen molar-refractivity contribution in [3.63, 3.8) is 0 Å². The molecule has 2 amide bonds. The Morgan fingerprint density at radius 1 is 1.00 bits per heavy atom. The first-order chi connectivity index (χ1) is 12.5. The van der Waals surface area contributed by atoms with Gasteiger partial charge in [-0.1, -0.05) is 0 Å². The number of rotatable bonds is 6. The fourth-order valence-corrected chi connectivity index (χ4v) is 5.92. The van der Waals surface area contributed by atoms with Gasteiger partial charge in [-0.2, -0.15) is 0 Å². The van der Waals surface area contributed by atoms with Gasteiger partial charge in [0.05, 0.1) is 16.0 Å². The highest BCUT2D eigenvalue weighted by Gasteiger charge is 2.29. The van der Waals surface area contributed by atoms with Gasteiger partial charge in [-0.3, -0.25) is 14.9 Å². The first-order valence-electron chi connectivity index (χ1n) is 7.53. The highest BCUT2D eigenvalue weighted by Crippen LogP contribution is 2.25. The molecule has 0 saturated heterocycles. The highest BCUT2D eigenvalue weighted by atomic mass is 32.2. The summed E-state index contributed by atoms with van der Waals surface area (Å²) in [5, 5.41) is 2.09. The predicted molar refractivity (Wildman–Crippen MR) is 97.5 cm³/mol. The Morgan fingerprint density at radius 2 is 1.67 bits per heavy atom. The molecule has 3 rings (SSSR count). The van der Waals surface area contributed by atoms with Crippen LogP contribution in [-0.4, -0.2) is 47.1 Å². The Balaban J connectivity index is 1.79. The summed E-state index contributed by atoms with van der Waals surface area (Å²) >= 11 is 0.959. The SMILES string of the molecule is CN(C)S(=O)(=O)c1ccc(CNS(=O)(=O)c2ccc3c(c2)C(=O)NC3=O)s1. The molecule has 0 bridgehead atoms. The van der Waals surface area contributed by atoms with Crippen LogP contribution in [0.1, 0.15) is 25.6 Å². The number of benzene rings is 1. The first-order valence-corrected chi connectivity index (χ1v) is 11.3. The molecule has 0 spiro atoms. The van der Waals surface area contributed by atoms with Gasteiger partial charge in [0.1, 0.15) is 4.21 Å². The van der Waals surface area contributed by atoms with Crippen molar-refractivity contribution < 1.29 is 26.4 Å². The van der Waals surface area contributed by atoms with Gasteiger partial charge in [-0.25, -0.2) is 25.9 Å². The number of nitrogens with one attached hydrogen (secondary N) is 2. The fourth-order valence-electron chi connectivity index (χ4n) is 2.34. The molecule has 1 aromatic carbocycles. The number of nitrogens with zero attached hydrogens (tertiary/aromatic N) is 1. The number of hydrogen-bond acceptors (Lipinski definition) is 7. The maximum atomic E-state index is 12.5. The van der Waals surface area contributed by atoms with Crippen LogP contribution in [0.2, 0.25) is 0 Å². The van der Waals surface area contributed by atoms with Crippen molar-refractivity contribution in [1.82, 2.24) is 14.3 Å². The first kappa shape index (κ1) is 19.6. The average molecular weight is 430 g/mol. The topological polar surface area (TPSA) is 130 Å². The minimum atomic E-state index is -3.96. The average Bonchev–Trinajstić information content (AvgIpc) is 3.18. The van der Waals surface area contributed by atoms with Gasteiger partial charge in [-0.05, 0) is 30.3 Å². The number of carbonyl (C=O) groups excluding carboxylic acids is 2. The van der Waals surface area contributed by atoms with Gasteiger partial charge >= 0.3 is 0 Å². The van der Waals surface area contributed by atoms with Crippen LogP contribution in [0.5, 0.6) is 0 Å². The number of amides is 2. The Kier molecular flexibility index (Phi) is 4.94. The third-order valence-corrected chi connectivity index (χ3v) is 8.59. The number of thiophene rings is 1. The minimum absolute atomic E-state index is 0.00152. The van der Waals surface area contributed by atoms with Gasteiger partial charge in [-0.15, -0.1) is 11.3 Å². The normalized spacial score (nSPS) is 14.5. The van der Waals surface area contributed by atoms with Crippen LogP contribution in [0.25, 0.3) is 0 Å². The van der Waals surface area contributed by atoms with E-state index in [2.05, 4.69) is 10.0 Å². The third kappa shape index (κ3) is 3.66. The maximum Gasteiger partial charge on any atom is 0.258 e. The van der Waals surface area contributed by atoms with Crippen LogP contribution >= 0.6 is 11.3 Å². The van der Waals surface area contributed by atoms with Crippen LogP contribution in [0.4, 0.5) is 0 Å². The van der Waals surface area contributed by atoms with Crippen LogP contribution in [0.3, 0.4) is 0 Å². The number of sulfonamides is 2. The van der Waals surface area contributed by atoms with Crippen molar-refractivity contribution in [3.05, 3.63) is 46.3 Å². The van der Waals surface area contributed by atoms with E-state index in [0.717, 1.165) is 21.7 Å². The van der Waals surface area contributed by atoms with Crippen molar-refractivity contribution in [1.29, 1.82) is 0 Å². The molecular weight excluding hydrogens is 414 g/mol. The largest absolute Gasteiger partial charge is 0.288 e. The van der Waals surface area contributed by atoms with Crippen LogP contribution in [0, 0.1) is 0 Å². The van der Waals surface area contributed by atoms with Crippen molar-refractivity contribution in [2.45, 2.75) is 15.6 Å². The van der Waals surface area contributed by atoms with Crippen molar-refractivity contribution >= 4 is 43.2 Å². The molecule has 0 unspecified atom stereocenters. The summed E-state index contributed by atoms with van der Waals surface area (Å²) in [5.41, 5.74) is 0.120. The Hall–Kier alpha value is -2.12. The quantitative estimate of drug-likeness (QED) is 0.638. The van der Waals surface area contributed by atoms with E-state index in [1.54, 1.807) is 0 Å². The van der Waals surface area contributed by atoms with E-state index in [4.69, 9.17) is 0 Å².